The van der Waals surface area contributed by atoms with Crippen molar-refractivity contribution in [3.05, 3.63) is 54.6 Å². The van der Waals surface area contributed by atoms with E-state index < -0.39 is 0 Å². The van der Waals surface area contributed by atoms with Crippen LogP contribution in [0, 0.1) is 5.92 Å². The first-order chi connectivity index (χ1) is 15.3. The molecule has 2 heterocycles. The molecule has 5 rings (SSSR count). The topological polar surface area (TPSA) is 36.3 Å². The van der Waals surface area contributed by atoms with Crippen molar-refractivity contribution < 1.29 is 0 Å². The van der Waals surface area contributed by atoms with Gasteiger partial charge in [-0.2, -0.15) is 0 Å². The lowest BCUT2D eigenvalue weighted by atomic mass is 9.84. The van der Waals surface area contributed by atoms with Gasteiger partial charge in [0.25, 0.3) is 0 Å². The van der Waals surface area contributed by atoms with E-state index in [4.69, 9.17) is 4.98 Å². The summed E-state index contributed by atoms with van der Waals surface area (Å²) in [5.74, 6) is 1.89. The number of aromatic nitrogens is 2. The third kappa shape index (κ3) is 4.72. The molecule has 31 heavy (non-hydrogen) atoms. The molecule has 0 atom stereocenters. The van der Waals surface area contributed by atoms with Gasteiger partial charge in [0.1, 0.15) is 0 Å². The first kappa shape index (κ1) is 20.4. The standard InChI is InChI=1S/C26H35N5/c1-29-25-10-6-5-9-24(25)28-26(29)27-22-13-11-21(12-14-22)15-16-30-17-19-31(20-18-30)23-7-3-2-4-8-23/h2-10,21-22H,11-20H2,1H3,(H,27,28)/t21-,22-. The van der Waals surface area contributed by atoms with Crippen LogP contribution in [0.3, 0.4) is 0 Å². The smallest absolute Gasteiger partial charge is 0.203 e. The predicted octanol–water partition coefficient (Wildman–Crippen LogP) is 4.76. The summed E-state index contributed by atoms with van der Waals surface area (Å²) in [6, 6.07) is 19.8. The molecule has 0 spiro atoms. The van der Waals surface area contributed by atoms with E-state index in [-0.39, 0.29) is 0 Å². The summed E-state index contributed by atoms with van der Waals surface area (Å²) in [5.41, 5.74) is 3.65. The number of piperazine rings is 1. The van der Waals surface area contributed by atoms with Crippen LogP contribution in [0.25, 0.3) is 11.0 Å². The van der Waals surface area contributed by atoms with Gasteiger partial charge >= 0.3 is 0 Å². The minimum absolute atomic E-state index is 0.557. The highest BCUT2D eigenvalue weighted by Gasteiger charge is 2.24. The number of aryl methyl sites for hydroxylation is 1. The van der Waals surface area contributed by atoms with Crippen LogP contribution < -0.4 is 10.2 Å². The molecule has 5 heteroatoms. The fourth-order valence-corrected chi connectivity index (χ4v) is 5.29. The zero-order chi connectivity index (χ0) is 21.0. The van der Waals surface area contributed by atoms with Crippen LogP contribution >= 0.6 is 0 Å². The van der Waals surface area contributed by atoms with Crippen molar-refractivity contribution in [2.24, 2.45) is 13.0 Å². The van der Waals surface area contributed by atoms with Crippen molar-refractivity contribution in [2.75, 3.05) is 42.9 Å². The number of para-hydroxylation sites is 3. The van der Waals surface area contributed by atoms with Crippen LogP contribution in [-0.4, -0.2) is 53.2 Å². The van der Waals surface area contributed by atoms with Gasteiger partial charge in [0.15, 0.2) is 0 Å². The lowest BCUT2D eigenvalue weighted by molar-refractivity contribution is 0.218. The number of hydrogen-bond acceptors (Lipinski definition) is 4. The Morgan fingerprint density at radius 2 is 1.58 bits per heavy atom. The Morgan fingerprint density at radius 3 is 2.32 bits per heavy atom. The molecular formula is C26H35N5. The van der Waals surface area contributed by atoms with E-state index >= 15 is 0 Å². The van der Waals surface area contributed by atoms with Crippen LogP contribution in [0.5, 0.6) is 0 Å². The molecule has 0 amide bonds. The largest absolute Gasteiger partial charge is 0.369 e. The van der Waals surface area contributed by atoms with E-state index in [2.05, 4.69) is 81.3 Å². The second-order valence-corrected chi connectivity index (χ2v) is 9.30. The molecule has 1 saturated heterocycles. The Hall–Kier alpha value is -2.53. The number of benzene rings is 2. The molecule has 164 valence electrons. The first-order valence-corrected chi connectivity index (χ1v) is 12.0. The minimum Gasteiger partial charge on any atom is -0.369 e. The average molecular weight is 418 g/mol. The molecule has 3 aromatic rings. The van der Waals surface area contributed by atoms with E-state index in [0.29, 0.717) is 6.04 Å². The quantitative estimate of drug-likeness (QED) is 0.628. The molecule has 1 aliphatic carbocycles. The lowest BCUT2D eigenvalue weighted by Crippen LogP contribution is -2.47. The zero-order valence-electron chi connectivity index (χ0n) is 18.7. The summed E-state index contributed by atoms with van der Waals surface area (Å²) in [6.07, 6.45) is 6.55. The van der Waals surface area contributed by atoms with Crippen LogP contribution in [0.15, 0.2) is 54.6 Å². The van der Waals surface area contributed by atoms with E-state index in [1.165, 1.54) is 62.9 Å². The van der Waals surface area contributed by atoms with Gasteiger partial charge in [0.05, 0.1) is 11.0 Å². The molecule has 5 nitrogen and oxygen atoms in total. The minimum atomic E-state index is 0.557. The van der Waals surface area contributed by atoms with Crippen molar-refractivity contribution in [2.45, 2.75) is 38.1 Å². The van der Waals surface area contributed by atoms with Gasteiger partial charge in [-0.3, -0.25) is 4.90 Å². The third-order valence-electron chi connectivity index (χ3n) is 7.31. The molecule has 2 aromatic carbocycles. The fraction of sp³-hybridized carbons (Fsp3) is 0.500. The van der Waals surface area contributed by atoms with Crippen molar-refractivity contribution in [1.82, 2.24) is 14.5 Å². The molecule has 2 aliphatic rings. The van der Waals surface area contributed by atoms with Gasteiger partial charge < -0.3 is 14.8 Å². The summed E-state index contributed by atoms with van der Waals surface area (Å²) < 4.78 is 2.19. The van der Waals surface area contributed by atoms with Crippen molar-refractivity contribution >= 4 is 22.7 Å². The van der Waals surface area contributed by atoms with Gasteiger partial charge in [-0.1, -0.05) is 30.3 Å². The van der Waals surface area contributed by atoms with Crippen LogP contribution in [-0.2, 0) is 7.05 Å². The normalized spacial score (nSPS) is 22.7. The number of fused-ring (bicyclic) bond motifs is 1. The molecular weight excluding hydrogens is 382 g/mol. The van der Waals surface area contributed by atoms with Gasteiger partial charge in [0, 0.05) is 45.0 Å². The number of anilines is 2. The summed E-state index contributed by atoms with van der Waals surface area (Å²) in [7, 11) is 2.11. The Kier molecular flexibility index (Phi) is 6.12. The Labute approximate surface area is 186 Å². The average Bonchev–Trinajstić information content (AvgIpc) is 3.15. The molecule has 2 fully saturated rings. The fourth-order valence-electron chi connectivity index (χ4n) is 5.29. The molecule has 0 unspecified atom stereocenters. The maximum atomic E-state index is 4.79. The van der Waals surface area contributed by atoms with E-state index in [0.717, 1.165) is 30.5 Å². The summed E-state index contributed by atoms with van der Waals surface area (Å²) in [4.78, 5) is 9.98. The van der Waals surface area contributed by atoms with Gasteiger partial charge in [-0.05, 0) is 68.8 Å². The number of rotatable bonds is 6. The van der Waals surface area contributed by atoms with Crippen LogP contribution in [0.2, 0.25) is 0 Å². The zero-order valence-corrected chi connectivity index (χ0v) is 18.7. The summed E-state index contributed by atoms with van der Waals surface area (Å²) >= 11 is 0. The maximum absolute atomic E-state index is 4.79. The number of nitrogens with one attached hydrogen (secondary N) is 1. The number of hydrogen-bond donors (Lipinski definition) is 1. The van der Waals surface area contributed by atoms with Crippen LogP contribution in [0.4, 0.5) is 11.6 Å². The van der Waals surface area contributed by atoms with Gasteiger partial charge in [0.2, 0.25) is 5.95 Å². The SMILES string of the molecule is Cn1c(N[C@H]2CC[C@H](CCN3CCN(c4ccccc4)CC3)CC2)nc2ccccc21. The van der Waals surface area contributed by atoms with Gasteiger partial charge in [-0.15, -0.1) is 0 Å². The Bertz CT molecular complexity index is 966. The highest BCUT2D eigenvalue weighted by molar-refractivity contribution is 5.78. The molecule has 1 saturated carbocycles. The highest BCUT2D eigenvalue weighted by atomic mass is 15.3. The number of nitrogens with zero attached hydrogens (tertiary/aromatic N) is 4. The predicted molar refractivity (Wildman–Crippen MR) is 130 cm³/mol. The Morgan fingerprint density at radius 1 is 0.871 bits per heavy atom. The molecule has 1 aromatic heterocycles. The molecule has 1 aliphatic heterocycles. The van der Waals surface area contributed by atoms with Crippen molar-refractivity contribution in [3.8, 4) is 0 Å². The second kappa shape index (κ2) is 9.31. The number of imidazole rings is 1. The second-order valence-electron chi connectivity index (χ2n) is 9.30. The van der Waals surface area contributed by atoms with E-state index in [1.807, 2.05) is 0 Å². The molecule has 1 N–H and O–H groups in total. The summed E-state index contributed by atoms with van der Waals surface area (Å²) in [6.45, 7) is 5.95. The first-order valence-electron chi connectivity index (χ1n) is 12.0. The van der Waals surface area contributed by atoms with Crippen molar-refractivity contribution in [1.29, 1.82) is 0 Å². The van der Waals surface area contributed by atoms with E-state index in [1.54, 1.807) is 0 Å². The highest BCUT2D eigenvalue weighted by Crippen LogP contribution is 2.30. The van der Waals surface area contributed by atoms with Crippen LogP contribution in [0.1, 0.15) is 32.1 Å². The van der Waals surface area contributed by atoms with Gasteiger partial charge in [-0.25, -0.2) is 4.98 Å². The molecule has 0 bridgehead atoms. The van der Waals surface area contributed by atoms with E-state index in [9.17, 15) is 0 Å². The lowest BCUT2D eigenvalue weighted by Gasteiger charge is -2.37. The van der Waals surface area contributed by atoms with Crippen molar-refractivity contribution in [3.63, 3.8) is 0 Å². The monoisotopic (exact) mass is 417 g/mol. The maximum Gasteiger partial charge on any atom is 0.203 e. The molecule has 0 radical (unpaired) electrons. The summed E-state index contributed by atoms with van der Waals surface area (Å²) in [5, 5.41) is 3.72. The third-order valence-corrected chi connectivity index (χ3v) is 7.31. The Balaban J connectivity index is 1.04.